The first-order valence-corrected chi connectivity index (χ1v) is 24.6. The molecule has 0 bridgehead atoms. The fourth-order valence-electron chi connectivity index (χ4n) is 11.2. The smallest absolute Gasteiger partial charge is 0.164 e. The van der Waals surface area contributed by atoms with Crippen LogP contribution in [-0.2, 0) is 0 Å². The molecule has 3 aromatic heterocycles. The molecule has 0 saturated heterocycles. The third-order valence-electron chi connectivity index (χ3n) is 14.4. The molecular formula is C65H38N4S. The van der Waals surface area contributed by atoms with Crippen molar-refractivity contribution in [2.45, 2.75) is 0 Å². The summed E-state index contributed by atoms with van der Waals surface area (Å²) in [6, 6.07) is 83.5. The molecule has 15 rings (SSSR count). The summed E-state index contributed by atoms with van der Waals surface area (Å²) in [6.45, 7) is 0. The Labute approximate surface area is 406 Å². The number of aromatic nitrogens is 4. The van der Waals surface area contributed by atoms with Crippen molar-refractivity contribution in [3.8, 4) is 51.0 Å². The zero-order valence-corrected chi connectivity index (χ0v) is 38.5. The minimum Gasteiger partial charge on any atom is -0.309 e. The Hall–Kier alpha value is -9.03. The molecule has 0 amide bonds. The first kappa shape index (κ1) is 39.0. The third-order valence-corrected chi connectivity index (χ3v) is 15.6. The van der Waals surface area contributed by atoms with E-state index in [0.717, 1.165) is 66.1 Å². The molecule has 0 spiro atoms. The fraction of sp³-hybridized carbons (Fsp3) is 0. The summed E-state index contributed by atoms with van der Waals surface area (Å²) in [5.41, 5.74) is 8.49. The largest absolute Gasteiger partial charge is 0.309 e. The van der Waals surface area contributed by atoms with Gasteiger partial charge >= 0.3 is 0 Å². The Kier molecular flexibility index (Phi) is 8.49. The van der Waals surface area contributed by atoms with Crippen LogP contribution in [0.3, 0.4) is 0 Å². The molecule has 324 valence electrons. The molecule has 0 saturated carbocycles. The van der Waals surface area contributed by atoms with Gasteiger partial charge in [0.1, 0.15) is 0 Å². The number of hydrogen-bond acceptors (Lipinski definition) is 4. The molecule has 4 nitrogen and oxygen atoms in total. The first-order valence-electron chi connectivity index (χ1n) is 23.8. The summed E-state index contributed by atoms with van der Waals surface area (Å²) in [7, 11) is 0. The molecule has 0 fully saturated rings. The Morgan fingerprint density at radius 1 is 0.286 bits per heavy atom. The number of rotatable bonds is 5. The molecule has 0 N–H and O–H groups in total. The lowest BCUT2D eigenvalue weighted by molar-refractivity contribution is 1.08. The van der Waals surface area contributed by atoms with Crippen LogP contribution in [0.1, 0.15) is 0 Å². The average Bonchev–Trinajstić information content (AvgIpc) is 3.97. The van der Waals surface area contributed by atoms with Gasteiger partial charge in [0.2, 0.25) is 0 Å². The highest BCUT2D eigenvalue weighted by molar-refractivity contribution is 7.25. The normalized spacial score (nSPS) is 12.0. The second kappa shape index (κ2) is 15.2. The summed E-state index contributed by atoms with van der Waals surface area (Å²) in [6.07, 6.45) is 0. The van der Waals surface area contributed by atoms with Gasteiger partial charge in [-0.1, -0.05) is 182 Å². The summed E-state index contributed by atoms with van der Waals surface area (Å²) >= 11 is 1.84. The third kappa shape index (κ3) is 5.92. The van der Waals surface area contributed by atoms with E-state index in [1.807, 2.05) is 11.3 Å². The molecule has 0 aliphatic rings. The molecule has 5 heteroatoms. The number of benzene rings is 12. The van der Waals surface area contributed by atoms with E-state index < -0.39 is 0 Å². The minimum absolute atomic E-state index is 0.610. The molecule has 0 unspecified atom stereocenters. The van der Waals surface area contributed by atoms with Gasteiger partial charge in [0.25, 0.3) is 0 Å². The van der Waals surface area contributed by atoms with Crippen molar-refractivity contribution in [2.24, 2.45) is 0 Å². The van der Waals surface area contributed by atoms with E-state index in [2.05, 4.69) is 235 Å². The van der Waals surface area contributed by atoms with Crippen LogP contribution in [-0.4, -0.2) is 19.5 Å². The van der Waals surface area contributed by atoms with Crippen LogP contribution in [0.25, 0.3) is 147 Å². The van der Waals surface area contributed by atoms with Gasteiger partial charge in [0.15, 0.2) is 17.5 Å². The first-order chi connectivity index (χ1) is 34.7. The maximum atomic E-state index is 5.50. The zero-order valence-electron chi connectivity index (χ0n) is 37.6. The Morgan fingerprint density at radius 3 is 1.51 bits per heavy atom. The number of fused-ring (bicyclic) bond motifs is 13. The SMILES string of the molecule is c1ccc2cc3c(cc2c1)c1ccccc1n3-c1ccc(-c2nc(-c3cccc4c3ccc3ccccc34)nc(-c3cccc4c3ccc3ccccc34)n2)cc1-c1cccc2sc3ccccc3c12. The Balaban J connectivity index is 1.03. The number of nitrogens with zero attached hydrogens (tertiary/aromatic N) is 4. The molecule has 3 heterocycles. The van der Waals surface area contributed by atoms with Gasteiger partial charge in [0.05, 0.1) is 16.7 Å². The van der Waals surface area contributed by atoms with Crippen LogP contribution < -0.4 is 0 Å². The van der Waals surface area contributed by atoms with Crippen molar-refractivity contribution >= 4 is 107 Å². The van der Waals surface area contributed by atoms with Crippen LogP contribution in [0.4, 0.5) is 0 Å². The van der Waals surface area contributed by atoms with E-state index >= 15 is 0 Å². The van der Waals surface area contributed by atoms with Crippen LogP contribution in [0.5, 0.6) is 0 Å². The number of hydrogen-bond donors (Lipinski definition) is 0. The van der Waals surface area contributed by atoms with Crippen LogP contribution in [0, 0.1) is 0 Å². The molecule has 0 aliphatic carbocycles. The van der Waals surface area contributed by atoms with Crippen molar-refractivity contribution in [1.82, 2.24) is 19.5 Å². The maximum Gasteiger partial charge on any atom is 0.164 e. The Morgan fingerprint density at radius 2 is 0.814 bits per heavy atom. The van der Waals surface area contributed by atoms with Crippen molar-refractivity contribution < 1.29 is 0 Å². The van der Waals surface area contributed by atoms with Crippen LogP contribution >= 0.6 is 11.3 Å². The molecule has 12 aromatic carbocycles. The average molecular weight is 907 g/mol. The van der Waals surface area contributed by atoms with Gasteiger partial charge in [-0.2, -0.15) is 0 Å². The van der Waals surface area contributed by atoms with E-state index in [1.54, 1.807) is 0 Å². The molecule has 15 aromatic rings. The van der Waals surface area contributed by atoms with Crippen molar-refractivity contribution in [3.05, 3.63) is 231 Å². The van der Waals surface area contributed by atoms with Crippen LogP contribution in [0.15, 0.2) is 231 Å². The quantitative estimate of drug-likeness (QED) is 0.162. The summed E-state index contributed by atoms with van der Waals surface area (Å²) < 4.78 is 4.98. The van der Waals surface area contributed by atoms with Gasteiger partial charge in [-0.05, 0) is 108 Å². The summed E-state index contributed by atoms with van der Waals surface area (Å²) in [5.74, 6) is 1.87. The molecule has 0 atom stereocenters. The van der Waals surface area contributed by atoms with E-state index in [4.69, 9.17) is 15.0 Å². The summed E-state index contributed by atoms with van der Waals surface area (Å²) in [4.78, 5) is 16.4. The van der Waals surface area contributed by atoms with Gasteiger partial charge in [-0.3, -0.25) is 0 Å². The number of para-hydroxylation sites is 1. The number of thiophene rings is 1. The fourth-order valence-corrected chi connectivity index (χ4v) is 12.3. The lowest BCUT2D eigenvalue weighted by Gasteiger charge is -2.17. The zero-order chi connectivity index (χ0) is 45.9. The predicted octanol–water partition coefficient (Wildman–Crippen LogP) is 17.8. The van der Waals surface area contributed by atoms with Gasteiger partial charge in [0, 0.05) is 53.2 Å². The standard InChI is InChI=1S/C65H38N4S/c1-2-17-42-38-59-55(36-41(42)16-1)50-20-7-9-27-57(50)69(59)58-35-32-43(37-56(58)51-24-13-29-61-62(51)54-21-8-10-28-60(54)70-61)63-66-64(52-25-11-22-46-44-18-5-3-14-39(44)30-33-48(46)52)68-65(67-63)53-26-12-23-47-45-19-6-4-15-40(45)31-34-49(47)53/h1-38H. The predicted molar refractivity (Wildman–Crippen MR) is 296 cm³/mol. The van der Waals surface area contributed by atoms with Crippen molar-refractivity contribution in [2.75, 3.05) is 0 Å². The highest BCUT2D eigenvalue weighted by Gasteiger charge is 2.22. The highest BCUT2D eigenvalue weighted by atomic mass is 32.1. The summed E-state index contributed by atoms with van der Waals surface area (Å²) in [5, 5.41) is 16.7. The monoisotopic (exact) mass is 906 g/mol. The molecule has 70 heavy (non-hydrogen) atoms. The Bertz CT molecular complexity index is 4540. The second-order valence-electron chi connectivity index (χ2n) is 18.3. The molecule has 0 aliphatic heterocycles. The van der Waals surface area contributed by atoms with Gasteiger partial charge in [-0.25, -0.2) is 15.0 Å². The van der Waals surface area contributed by atoms with E-state index in [9.17, 15) is 0 Å². The van der Waals surface area contributed by atoms with E-state index in [-0.39, 0.29) is 0 Å². The van der Waals surface area contributed by atoms with E-state index in [0.29, 0.717) is 17.5 Å². The lowest BCUT2D eigenvalue weighted by Crippen LogP contribution is -2.02. The highest BCUT2D eigenvalue weighted by Crippen LogP contribution is 2.45. The topological polar surface area (TPSA) is 43.6 Å². The lowest BCUT2D eigenvalue weighted by atomic mass is 9.95. The van der Waals surface area contributed by atoms with Gasteiger partial charge < -0.3 is 4.57 Å². The maximum absolute atomic E-state index is 5.50. The molecule has 0 radical (unpaired) electrons. The molecular weight excluding hydrogens is 869 g/mol. The van der Waals surface area contributed by atoms with Gasteiger partial charge in [-0.15, -0.1) is 11.3 Å². The second-order valence-corrected chi connectivity index (χ2v) is 19.3. The minimum atomic E-state index is 0.610. The van der Waals surface area contributed by atoms with Crippen LogP contribution in [0.2, 0.25) is 0 Å². The van der Waals surface area contributed by atoms with Crippen molar-refractivity contribution in [3.63, 3.8) is 0 Å². The van der Waals surface area contributed by atoms with E-state index in [1.165, 1.54) is 63.3 Å². The van der Waals surface area contributed by atoms with Crippen molar-refractivity contribution in [1.29, 1.82) is 0 Å².